The number of aliphatic imine (C=N–C) groups is 1. The molecule has 6 heteroatoms. The Morgan fingerprint density at radius 2 is 1.79 bits per heavy atom. The van der Waals surface area contributed by atoms with Gasteiger partial charge in [0.15, 0.2) is 5.96 Å². The van der Waals surface area contributed by atoms with Gasteiger partial charge in [0, 0.05) is 59.5 Å². The van der Waals surface area contributed by atoms with Gasteiger partial charge in [0.05, 0.1) is 6.61 Å². The maximum atomic E-state index is 5.62. The number of ether oxygens (including phenoxy) is 1. The topological polar surface area (TPSA) is 52.1 Å². The summed E-state index contributed by atoms with van der Waals surface area (Å²) in [5.74, 6) is 2.18. The first-order valence-electron chi connectivity index (χ1n) is 9.44. The van der Waals surface area contributed by atoms with E-state index in [4.69, 9.17) is 4.74 Å². The van der Waals surface area contributed by atoms with Gasteiger partial charge in [-0.2, -0.15) is 0 Å². The predicted octanol–water partition coefficient (Wildman–Crippen LogP) is 1.10. The molecule has 0 aromatic rings. The van der Waals surface area contributed by atoms with Gasteiger partial charge in [-0.25, -0.2) is 0 Å². The van der Waals surface area contributed by atoms with Crippen LogP contribution in [0.25, 0.3) is 0 Å². The average Bonchev–Trinajstić information content (AvgIpc) is 2.55. The first kappa shape index (κ1) is 21.2. The number of guanidine groups is 1. The standard InChI is InChI=1S/C18H39N5O/c1-16(2)6-12-24-13-7-20-18(19-4)21-14-17(3)15-23-10-8-22(5)9-11-23/h16-17H,6-15H2,1-5H3,(H2,19,20,21). The van der Waals surface area contributed by atoms with Crippen molar-refractivity contribution in [1.82, 2.24) is 20.4 Å². The second kappa shape index (κ2) is 12.5. The highest BCUT2D eigenvalue weighted by molar-refractivity contribution is 5.79. The van der Waals surface area contributed by atoms with Crippen LogP contribution in [-0.4, -0.2) is 88.9 Å². The minimum Gasteiger partial charge on any atom is -0.380 e. The zero-order valence-corrected chi connectivity index (χ0v) is 16.5. The Morgan fingerprint density at radius 3 is 2.42 bits per heavy atom. The molecule has 0 saturated carbocycles. The van der Waals surface area contributed by atoms with E-state index < -0.39 is 0 Å². The highest BCUT2D eigenvalue weighted by Gasteiger charge is 2.16. The van der Waals surface area contributed by atoms with Crippen LogP contribution in [0.4, 0.5) is 0 Å². The van der Waals surface area contributed by atoms with Gasteiger partial charge >= 0.3 is 0 Å². The number of likely N-dealkylation sites (N-methyl/N-ethyl adjacent to an activating group) is 1. The zero-order chi connectivity index (χ0) is 17.8. The molecule has 0 amide bonds. The molecule has 1 atom stereocenters. The number of nitrogens with zero attached hydrogens (tertiary/aromatic N) is 3. The summed E-state index contributed by atoms with van der Waals surface area (Å²) in [6, 6.07) is 0. The van der Waals surface area contributed by atoms with E-state index >= 15 is 0 Å². The van der Waals surface area contributed by atoms with Crippen LogP contribution >= 0.6 is 0 Å². The molecule has 1 heterocycles. The monoisotopic (exact) mass is 341 g/mol. The molecule has 0 aromatic carbocycles. The summed E-state index contributed by atoms with van der Waals surface area (Å²) in [5.41, 5.74) is 0. The second-order valence-electron chi connectivity index (χ2n) is 7.38. The third-order valence-electron chi connectivity index (χ3n) is 4.39. The molecule has 0 spiro atoms. The van der Waals surface area contributed by atoms with E-state index in [0.717, 1.165) is 45.2 Å². The molecule has 0 bridgehead atoms. The molecule has 142 valence electrons. The van der Waals surface area contributed by atoms with Gasteiger partial charge in [0.2, 0.25) is 0 Å². The predicted molar refractivity (Wildman–Crippen MR) is 103 cm³/mol. The summed E-state index contributed by atoms with van der Waals surface area (Å²) in [6.45, 7) is 15.9. The van der Waals surface area contributed by atoms with Crippen molar-refractivity contribution in [3.05, 3.63) is 0 Å². The highest BCUT2D eigenvalue weighted by Crippen LogP contribution is 2.03. The third kappa shape index (κ3) is 10.1. The zero-order valence-electron chi connectivity index (χ0n) is 16.5. The molecule has 1 fully saturated rings. The average molecular weight is 342 g/mol. The summed E-state index contributed by atoms with van der Waals surface area (Å²) in [4.78, 5) is 9.24. The minimum absolute atomic E-state index is 0.606. The van der Waals surface area contributed by atoms with E-state index in [1.165, 1.54) is 26.2 Å². The largest absolute Gasteiger partial charge is 0.380 e. The number of hydrogen-bond donors (Lipinski definition) is 2. The number of rotatable bonds is 10. The quantitative estimate of drug-likeness (QED) is 0.354. The maximum Gasteiger partial charge on any atom is 0.191 e. The van der Waals surface area contributed by atoms with Crippen molar-refractivity contribution >= 4 is 5.96 Å². The van der Waals surface area contributed by atoms with Crippen LogP contribution in [0.2, 0.25) is 0 Å². The fraction of sp³-hybridized carbons (Fsp3) is 0.944. The molecule has 0 aromatic heterocycles. The first-order chi connectivity index (χ1) is 11.5. The molecule has 1 rings (SSSR count). The molecule has 2 N–H and O–H groups in total. The molecule has 1 unspecified atom stereocenters. The second-order valence-corrected chi connectivity index (χ2v) is 7.38. The van der Waals surface area contributed by atoms with E-state index in [1.54, 1.807) is 0 Å². The van der Waals surface area contributed by atoms with Crippen LogP contribution in [0.15, 0.2) is 4.99 Å². The van der Waals surface area contributed by atoms with Crippen molar-refractivity contribution < 1.29 is 4.74 Å². The van der Waals surface area contributed by atoms with Crippen molar-refractivity contribution in [3.8, 4) is 0 Å². The summed E-state index contributed by atoms with van der Waals surface area (Å²) in [7, 11) is 4.02. The Labute approximate surface area is 149 Å². The fourth-order valence-electron chi connectivity index (χ4n) is 2.69. The molecule has 0 radical (unpaired) electrons. The van der Waals surface area contributed by atoms with Gasteiger partial charge in [-0.1, -0.05) is 20.8 Å². The first-order valence-corrected chi connectivity index (χ1v) is 9.44. The van der Waals surface area contributed by atoms with Crippen LogP contribution < -0.4 is 10.6 Å². The van der Waals surface area contributed by atoms with Gasteiger partial charge in [-0.3, -0.25) is 4.99 Å². The summed E-state index contributed by atoms with van der Waals surface area (Å²) < 4.78 is 5.62. The number of nitrogens with one attached hydrogen (secondary N) is 2. The van der Waals surface area contributed by atoms with Crippen molar-refractivity contribution in [2.75, 3.05) is 73.1 Å². The maximum absolute atomic E-state index is 5.62. The van der Waals surface area contributed by atoms with Gasteiger partial charge in [0.1, 0.15) is 0 Å². The van der Waals surface area contributed by atoms with Crippen LogP contribution in [0.5, 0.6) is 0 Å². The molecule has 1 aliphatic rings. The lowest BCUT2D eigenvalue weighted by Gasteiger charge is -2.34. The Balaban J connectivity index is 2.08. The normalized spacial score (nSPS) is 18.8. The number of piperazine rings is 1. The highest BCUT2D eigenvalue weighted by atomic mass is 16.5. The smallest absolute Gasteiger partial charge is 0.191 e. The Kier molecular flexibility index (Phi) is 11.0. The van der Waals surface area contributed by atoms with Crippen molar-refractivity contribution in [2.24, 2.45) is 16.8 Å². The van der Waals surface area contributed by atoms with Crippen LogP contribution in [0, 0.1) is 11.8 Å². The van der Waals surface area contributed by atoms with E-state index in [9.17, 15) is 0 Å². The van der Waals surface area contributed by atoms with Crippen LogP contribution in [0.3, 0.4) is 0 Å². The molecule has 6 nitrogen and oxygen atoms in total. The van der Waals surface area contributed by atoms with E-state index in [0.29, 0.717) is 11.8 Å². The Bertz CT molecular complexity index is 340. The Morgan fingerprint density at radius 1 is 1.08 bits per heavy atom. The summed E-state index contributed by atoms with van der Waals surface area (Å²) in [5, 5.41) is 6.74. The van der Waals surface area contributed by atoms with Gasteiger partial charge in [0.25, 0.3) is 0 Å². The van der Waals surface area contributed by atoms with E-state index in [1.807, 2.05) is 7.05 Å². The Hall–Kier alpha value is -0.850. The van der Waals surface area contributed by atoms with Gasteiger partial charge < -0.3 is 25.2 Å². The lowest BCUT2D eigenvalue weighted by atomic mass is 10.1. The van der Waals surface area contributed by atoms with Crippen LogP contribution in [-0.2, 0) is 4.74 Å². The van der Waals surface area contributed by atoms with Gasteiger partial charge in [-0.05, 0) is 25.3 Å². The summed E-state index contributed by atoms with van der Waals surface area (Å²) >= 11 is 0. The van der Waals surface area contributed by atoms with Gasteiger partial charge in [-0.15, -0.1) is 0 Å². The molecular formula is C18H39N5O. The third-order valence-corrected chi connectivity index (χ3v) is 4.39. The molecule has 1 aliphatic heterocycles. The molecule has 1 saturated heterocycles. The SMILES string of the molecule is CN=C(NCCOCCC(C)C)NCC(C)CN1CCN(C)CC1. The molecule has 0 aliphatic carbocycles. The van der Waals surface area contributed by atoms with Crippen molar-refractivity contribution in [3.63, 3.8) is 0 Å². The lowest BCUT2D eigenvalue weighted by molar-refractivity contribution is 0.128. The fourth-order valence-corrected chi connectivity index (χ4v) is 2.69. The summed E-state index contributed by atoms with van der Waals surface area (Å²) in [6.07, 6.45) is 1.12. The minimum atomic E-state index is 0.606. The molecular weight excluding hydrogens is 302 g/mol. The molecule has 24 heavy (non-hydrogen) atoms. The van der Waals surface area contributed by atoms with Crippen molar-refractivity contribution in [1.29, 1.82) is 0 Å². The number of hydrogen-bond acceptors (Lipinski definition) is 4. The van der Waals surface area contributed by atoms with Crippen LogP contribution in [0.1, 0.15) is 27.2 Å². The van der Waals surface area contributed by atoms with E-state index in [-0.39, 0.29) is 0 Å². The van der Waals surface area contributed by atoms with E-state index in [2.05, 4.69) is 53.2 Å². The van der Waals surface area contributed by atoms with Crippen molar-refractivity contribution in [2.45, 2.75) is 27.2 Å². The lowest BCUT2D eigenvalue weighted by Crippen LogP contribution is -2.47.